The quantitative estimate of drug-likeness (QED) is 0.910. The minimum absolute atomic E-state index is 0.0751. The van der Waals surface area contributed by atoms with Crippen molar-refractivity contribution in [3.63, 3.8) is 0 Å². The molecule has 0 saturated carbocycles. The summed E-state index contributed by atoms with van der Waals surface area (Å²) in [4.78, 5) is 16.9. The van der Waals surface area contributed by atoms with Gasteiger partial charge in [-0.3, -0.25) is 4.79 Å². The standard InChI is InChI=1S/C16H21N3O/c1-10(2)17-16(20)12-4-5-13-14(9-12)19-7-6-11(3)8-15(19)18-13/h6-8,10,12H,4-5,9H2,1-3H3,(H,17,20). The van der Waals surface area contributed by atoms with Gasteiger partial charge < -0.3 is 9.72 Å². The maximum atomic E-state index is 12.2. The molecule has 2 heterocycles. The summed E-state index contributed by atoms with van der Waals surface area (Å²) >= 11 is 0. The third-order valence-corrected chi connectivity index (χ3v) is 3.93. The molecule has 0 radical (unpaired) electrons. The second-order valence-electron chi connectivity index (χ2n) is 6.04. The average molecular weight is 271 g/mol. The first-order valence-corrected chi connectivity index (χ1v) is 7.31. The molecular formula is C16H21N3O. The Morgan fingerprint density at radius 2 is 2.30 bits per heavy atom. The number of fused-ring (bicyclic) bond motifs is 3. The molecule has 3 rings (SSSR count). The number of carbonyl (C=O) groups is 1. The summed E-state index contributed by atoms with van der Waals surface area (Å²) in [6, 6.07) is 4.39. The highest BCUT2D eigenvalue weighted by Gasteiger charge is 2.28. The highest BCUT2D eigenvalue weighted by molar-refractivity contribution is 5.79. The first-order chi connectivity index (χ1) is 9.54. The van der Waals surface area contributed by atoms with Gasteiger partial charge in [0.2, 0.25) is 5.91 Å². The molecule has 106 valence electrons. The van der Waals surface area contributed by atoms with Gasteiger partial charge >= 0.3 is 0 Å². The predicted octanol–water partition coefficient (Wildman–Crippen LogP) is 2.27. The molecular weight excluding hydrogens is 250 g/mol. The van der Waals surface area contributed by atoms with Gasteiger partial charge in [0.15, 0.2) is 0 Å². The molecule has 1 amide bonds. The monoisotopic (exact) mass is 271 g/mol. The fourth-order valence-corrected chi connectivity index (χ4v) is 2.93. The summed E-state index contributed by atoms with van der Waals surface area (Å²) in [6.07, 6.45) is 4.65. The van der Waals surface area contributed by atoms with E-state index in [0.717, 1.165) is 30.6 Å². The molecule has 0 saturated heterocycles. The van der Waals surface area contributed by atoms with Gasteiger partial charge in [0, 0.05) is 30.3 Å². The fraction of sp³-hybridized carbons (Fsp3) is 0.500. The summed E-state index contributed by atoms with van der Waals surface area (Å²) in [5.41, 5.74) is 4.58. The zero-order chi connectivity index (χ0) is 14.3. The molecule has 0 spiro atoms. The van der Waals surface area contributed by atoms with Crippen molar-refractivity contribution in [1.29, 1.82) is 0 Å². The third kappa shape index (κ3) is 2.30. The van der Waals surface area contributed by atoms with Gasteiger partial charge in [0.1, 0.15) is 5.65 Å². The molecule has 1 aliphatic rings. The molecule has 0 aromatic carbocycles. The number of aryl methyl sites for hydroxylation is 2. The minimum Gasteiger partial charge on any atom is -0.354 e. The molecule has 1 N–H and O–H groups in total. The van der Waals surface area contributed by atoms with Gasteiger partial charge in [-0.1, -0.05) is 0 Å². The summed E-state index contributed by atoms with van der Waals surface area (Å²) < 4.78 is 2.14. The summed E-state index contributed by atoms with van der Waals surface area (Å²) in [7, 11) is 0. The van der Waals surface area contributed by atoms with Gasteiger partial charge in [0.25, 0.3) is 0 Å². The maximum Gasteiger partial charge on any atom is 0.223 e. The van der Waals surface area contributed by atoms with Crippen LogP contribution in [0, 0.1) is 12.8 Å². The lowest BCUT2D eigenvalue weighted by Gasteiger charge is -2.22. The predicted molar refractivity (Wildman–Crippen MR) is 78.7 cm³/mol. The van der Waals surface area contributed by atoms with E-state index >= 15 is 0 Å². The molecule has 1 atom stereocenters. The summed E-state index contributed by atoms with van der Waals surface area (Å²) in [6.45, 7) is 6.08. The Hall–Kier alpha value is -1.84. The minimum atomic E-state index is 0.0751. The fourth-order valence-electron chi connectivity index (χ4n) is 2.93. The van der Waals surface area contributed by atoms with Crippen LogP contribution < -0.4 is 5.32 Å². The lowest BCUT2D eigenvalue weighted by molar-refractivity contribution is -0.125. The molecule has 2 aromatic heterocycles. The third-order valence-electron chi connectivity index (χ3n) is 3.93. The molecule has 1 aliphatic carbocycles. The van der Waals surface area contributed by atoms with Gasteiger partial charge in [-0.15, -0.1) is 0 Å². The van der Waals surface area contributed by atoms with Crippen molar-refractivity contribution < 1.29 is 4.79 Å². The average Bonchev–Trinajstić information content (AvgIpc) is 2.74. The smallest absolute Gasteiger partial charge is 0.223 e. The van der Waals surface area contributed by atoms with E-state index in [1.54, 1.807) is 0 Å². The molecule has 0 fully saturated rings. The van der Waals surface area contributed by atoms with Crippen LogP contribution in [0.1, 0.15) is 37.2 Å². The molecule has 2 aromatic rings. The second-order valence-corrected chi connectivity index (χ2v) is 6.04. The largest absolute Gasteiger partial charge is 0.354 e. The van der Waals surface area contributed by atoms with Crippen molar-refractivity contribution in [1.82, 2.24) is 14.7 Å². The van der Waals surface area contributed by atoms with Gasteiger partial charge in [-0.2, -0.15) is 0 Å². The molecule has 4 heteroatoms. The van der Waals surface area contributed by atoms with E-state index in [2.05, 4.69) is 35.0 Å². The number of carbonyl (C=O) groups excluding carboxylic acids is 1. The van der Waals surface area contributed by atoms with Crippen molar-refractivity contribution in [2.75, 3.05) is 0 Å². The van der Waals surface area contributed by atoms with E-state index in [4.69, 9.17) is 4.98 Å². The van der Waals surface area contributed by atoms with E-state index in [9.17, 15) is 4.79 Å². The van der Waals surface area contributed by atoms with Crippen LogP contribution >= 0.6 is 0 Å². The number of pyridine rings is 1. The van der Waals surface area contributed by atoms with Crippen LogP contribution in [0.4, 0.5) is 0 Å². The van der Waals surface area contributed by atoms with Crippen LogP contribution in [-0.2, 0) is 17.6 Å². The number of amides is 1. The van der Waals surface area contributed by atoms with Gasteiger partial charge in [0.05, 0.1) is 5.69 Å². The van der Waals surface area contributed by atoms with Crippen LogP contribution in [0.2, 0.25) is 0 Å². The van der Waals surface area contributed by atoms with Crippen LogP contribution in [0.5, 0.6) is 0 Å². The first kappa shape index (κ1) is 13.2. The highest BCUT2D eigenvalue weighted by Crippen LogP contribution is 2.26. The number of aromatic nitrogens is 2. The number of nitrogens with one attached hydrogen (secondary N) is 1. The van der Waals surface area contributed by atoms with Crippen molar-refractivity contribution in [2.24, 2.45) is 5.92 Å². The Morgan fingerprint density at radius 3 is 3.05 bits per heavy atom. The zero-order valence-corrected chi connectivity index (χ0v) is 12.3. The molecule has 0 aliphatic heterocycles. The lowest BCUT2D eigenvalue weighted by atomic mass is 9.89. The van der Waals surface area contributed by atoms with Crippen molar-refractivity contribution in [3.8, 4) is 0 Å². The first-order valence-electron chi connectivity index (χ1n) is 7.31. The van der Waals surface area contributed by atoms with Crippen molar-refractivity contribution in [3.05, 3.63) is 35.3 Å². The number of imidazole rings is 1. The van der Waals surface area contributed by atoms with Crippen LogP contribution in [0.25, 0.3) is 5.65 Å². The van der Waals surface area contributed by atoms with E-state index in [0.29, 0.717) is 0 Å². The number of nitrogens with zero attached hydrogens (tertiary/aromatic N) is 2. The van der Waals surface area contributed by atoms with Crippen LogP contribution in [0.15, 0.2) is 18.3 Å². The second kappa shape index (κ2) is 4.93. The van der Waals surface area contributed by atoms with E-state index in [1.165, 1.54) is 11.3 Å². The van der Waals surface area contributed by atoms with Crippen LogP contribution in [-0.4, -0.2) is 21.3 Å². The van der Waals surface area contributed by atoms with Gasteiger partial charge in [-0.05, 0) is 51.3 Å². The van der Waals surface area contributed by atoms with Crippen LogP contribution in [0.3, 0.4) is 0 Å². The van der Waals surface area contributed by atoms with E-state index in [1.807, 2.05) is 13.8 Å². The highest BCUT2D eigenvalue weighted by atomic mass is 16.1. The molecule has 20 heavy (non-hydrogen) atoms. The zero-order valence-electron chi connectivity index (χ0n) is 12.3. The SMILES string of the molecule is Cc1ccn2c3c(nc2c1)CCC(C(=O)NC(C)C)C3. The lowest BCUT2D eigenvalue weighted by Crippen LogP contribution is -2.38. The van der Waals surface area contributed by atoms with Gasteiger partial charge in [-0.25, -0.2) is 4.98 Å². The van der Waals surface area contributed by atoms with Crippen molar-refractivity contribution >= 4 is 11.6 Å². The normalized spacial score (nSPS) is 18.3. The topological polar surface area (TPSA) is 46.4 Å². The maximum absolute atomic E-state index is 12.2. The molecule has 4 nitrogen and oxygen atoms in total. The van der Waals surface area contributed by atoms with E-state index in [-0.39, 0.29) is 17.9 Å². The Labute approximate surface area is 119 Å². The molecule has 1 unspecified atom stereocenters. The Bertz CT molecular complexity index is 657. The molecule has 0 bridgehead atoms. The number of rotatable bonds is 2. The summed E-state index contributed by atoms with van der Waals surface area (Å²) in [5.74, 6) is 0.249. The Balaban J connectivity index is 1.90. The summed E-state index contributed by atoms with van der Waals surface area (Å²) in [5, 5.41) is 3.02. The Morgan fingerprint density at radius 1 is 1.50 bits per heavy atom. The number of hydrogen-bond acceptors (Lipinski definition) is 2. The number of hydrogen-bond donors (Lipinski definition) is 1. The van der Waals surface area contributed by atoms with E-state index < -0.39 is 0 Å². The Kier molecular flexibility index (Phi) is 3.24. The van der Waals surface area contributed by atoms with Crippen molar-refractivity contribution in [2.45, 2.75) is 46.1 Å².